The van der Waals surface area contributed by atoms with Crippen molar-refractivity contribution in [2.24, 2.45) is 17.3 Å². The van der Waals surface area contributed by atoms with E-state index in [1.165, 1.54) is 64.2 Å². The van der Waals surface area contributed by atoms with Gasteiger partial charge in [-0.25, -0.2) is 0 Å². The highest BCUT2D eigenvalue weighted by Crippen LogP contribution is 2.33. The van der Waals surface area contributed by atoms with Crippen molar-refractivity contribution in [2.45, 2.75) is 126 Å². The minimum absolute atomic E-state index is 0.107. The molecule has 1 aliphatic rings. The lowest BCUT2D eigenvalue weighted by atomic mass is 9.77. The fraction of sp³-hybridized carbons (Fsp3) is 0.957. The standard InChI is InChI=1S/C15H29N.C6H12.C2H6/c1-6-9-14(7-2)10-13(4)11-15(5,8-3)12-16;1-2-4-6-5-3-1;1-2/h13-14H,6-11H2,1-5H3;1-6H2;1-2H3. The van der Waals surface area contributed by atoms with E-state index in [-0.39, 0.29) is 5.41 Å². The van der Waals surface area contributed by atoms with Crippen LogP contribution in [0.1, 0.15) is 126 Å². The van der Waals surface area contributed by atoms with Crippen LogP contribution in [-0.2, 0) is 0 Å². The summed E-state index contributed by atoms with van der Waals surface area (Å²) in [4.78, 5) is 0. The quantitative estimate of drug-likeness (QED) is 0.435. The van der Waals surface area contributed by atoms with Crippen LogP contribution in [0.4, 0.5) is 0 Å². The molecule has 0 N–H and O–H groups in total. The van der Waals surface area contributed by atoms with Crippen molar-refractivity contribution in [1.29, 1.82) is 5.26 Å². The first-order chi connectivity index (χ1) is 11.5. The molecule has 144 valence electrons. The van der Waals surface area contributed by atoms with Crippen LogP contribution in [-0.4, -0.2) is 0 Å². The van der Waals surface area contributed by atoms with Gasteiger partial charge >= 0.3 is 0 Å². The van der Waals surface area contributed by atoms with Crippen molar-refractivity contribution in [3.05, 3.63) is 0 Å². The molecule has 0 aliphatic heterocycles. The maximum atomic E-state index is 9.18. The van der Waals surface area contributed by atoms with Crippen LogP contribution in [0.15, 0.2) is 0 Å². The summed E-state index contributed by atoms with van der Waals surface area (Å²) in [6.45, 7) is 15.1. The van der Waals surface area contributed by atoms with Crippen LogP contribution in [0, 0.1) is 28.6 Å². The van der Waals surface area contributed by atoms with Gasteiger partial charge in [0.1, 0.15) is 0 Å². The summed E-state index contributed by atoms with van der Waals surface area (Å²) in [6.07, 6.45) is 16.2. The van der Waals surface area contributed by atoms with Crippen molar-refractivity contribution in [3.8, 4) is 6.07 Å². The first-order valence-electron chi connectivity index (χ1n) is 10.9. The third-order valence-corrected chi connectivity index (χ3v) is 5.36. The zero-order valence-corrected chi connectivity index (χ0v) is 18.1. The van der Waals surface area contributed by atoms with E-state index in [0.29, 0.717) is 5.92 Å². The number of hydrogen-bond acceptors (Lipinski definition) is 1. The number of rotatable bonds is 8. The summed E-state index contributed by atoms with van der Waals surface area (Å²) in [7, 11) is 0. The summed E-state index contributed by atoms with van der Waals surface area (Å²) >= 11 is 0. The molecule has 1 aliphatic carbocycles. The lowest BCUT2D eigenvalue weighted by Crippen LogP contribution is -2.18. The van der Waals surface area contributed by atoms with Crippen molar-refractivity contribution in [3.63, 3.8) is 0 Å². The van der Waals surface area contributed by atoms with E-state index in [1.807, 2.05) is 13.8 Å². The molecule has 3 unspecified atom stereocenters. The highest BCUT2D eigenvalue weighted by Gasteiger charge is 2.25. The maximum absolute atomic E-state index is 9.18. The minimum Gasteiger partial charge on any atom is -0.198 e. The third-order valence-electron chi connectivity index (χ3n) is 5.36. The fourth-order valence-electron chi connectivity index (χ4n) is 3.65. The highest BCUT2D eigenvalue weighted by atomic mass is 14.4. The predicted molar refractivity (Wildman–Crippen MR) is 110 cm³/mol. The molecule has 0 heterocycles. The van der Waals surface area contributed by atoms with Crippen LogP contribution in [0.3, 0.4) is 0 Å². The zero-order chi connectivity index (χ0) is 18.8. The van der Waals surface area contributed by atoms with Crippen LogP contribution in [0.25, 0.3) is 0 Å². The largest absolute Gasteiger partial charge is 0.198 e. The number of hydrogen-bond donors (Lipinski definition) is 0. The van der Waals surface area contributed by atoms with Crippen molar-refractivity contribution >= 4 is 0 Å². The Labute approximate surface area is 154 Å². The van der Waals surface area contributed by atoms with Gasteiger partial charge in [-0.1, -0.05) is 99.3 Å². The molecule has 0 aromatic heterocycles. The first-order valence-corrected chi connectivity index (χ1v) is 10.9. The van der Waals surface area contributed by atoms with E-state index in [1.54, 1.807) is 0 Å². The van der Waals surface area contributed by atoms with Gasteiger partial charge in [0, 0.05) is 0 Å². The maximum Gasteiger partial charge on any atom is 0.0686 e. The van der Waals surface area contributed by atoms with Crippen LogP contribution in [0.5, 0.6) is 0 Å². The molecular formula is C23H47N. The van der Waals surface area contributed by atoms with Crippen molar-refractivity contribution in [1.82, 2.24) is 0 Å². The Morgan fingerprint density at radius 3 is 1.71 bits per heavy atom. The molecule has 24 heavy (non-hydrogen) atoms. The summed E-state index contributed by atoms with van der Waals surface area (Å²) < 4.78 is 0. The fourth-order valence-corrected chi connectivity index (χ4v) is 3.65. The molecule has 0 aromatic carbocycles. The Morgan fingerprint density at radius 1 is 0.958 bits per heavy atom. The summed E-state index contributed by atoms with van der Waals surface area (Å²) in [5, 5.41) is 9.18. The normalized spacial score (nSPS) is 18.6. The van der Waals surface area contributed by atoms with E-state index < -0.39 is 0 Å². The molecule has 1 fully saturated rings. The molecule has 0 radical (unpaired) electrons. The number of nitriles is 1. The van der Waals surface area contributed by atoms with E-state index >= 15 is 0 Å². The van der Waals surface area contributed by atoms with Gasteiger partial charge in [0.05, 0.1) is 11.5 Å². The van der Waals surface area contributed by atoms with E-state index in [4.69, 9.17) is 0 Å². The van der Waals surface area contributed by atoms with Gasteiger partial charge in [-0.3, -0.25) is 0 Å². The molecule has 0 saturated heterocycles. The minimum atomic E-state index is -0.107. The van der Waals surface area contributed by atoms with Gasteiger partial charge in [0.2, 0.25) is 0 Å². The average molecular weight is 338 g/mol. The van der Waals surface area contributed by atoms with Crippen molar-refractivity contribution in [2.75, 3.05) is 0 Å². The second-order valence-electron chi connectivity index (χ2n) is 7.76. The van der Waals surface area contributed by atoms with Gasteiger partial charge in [-0.2, -0.15) is 5.26 Å². The van der Waals surface area contributed by atoms with Gasteiger partial charge in [-0.05, 0) is 38.0 Å². The topological polar surface area (TPSA) is 23.8 Å². The van der Waals surface area contributed by atoms with Crippen LogP contribution >= 0.6 is 0 Å². The van der Waals surface area contributed by atoms with E-state index in [9.17, 15) is 5.26 Å². The monoisotopic (exact) mass is 337 g/mol. The van der Waals surface area contributed by atoms with Gasteiger partial charge < -0.3 is 0 Å². The summed E-state index contributed by atoms with van der Waals surface area (Å²) in [5.41, 5.74) is -0.107. The van der Waals surface area contributed by atoms with E-state index in [0.717, 1.165) is 18.8 Å². The molecule has 1 heteroatoms. The Balaban J connectivity index is 0. The zero-order valence-electron chi connectivity index (χ0n) is 18.1. The molecule has 1 nitrogen and oxygen atoms in total. The van der Waals surface area contributed by atoms with Crippen molar-refractivity contribution < 1.29 is 0 Å². The average Bonchev–Trinajstić information content (AvgIpc) is 2.64. The molecule has 0 spiro atoms. The molecule has 0 bridgehead atoms. The molecule has 1 rings (SSSR count). The van der Waals surface area contributed by atoms with Gasteiger partial charge in [0.25, 0.3) is 0 Å². The third kappa shape index (κ3) is 13.9. The molecular weight excluding hydrogens is 290 g/mol. The molecule has 0 aromatic rings. The molecule has 1 saturated carbocycles. The molecule has 3 atom stereocenters. The Bertz CT molecular complexity index is 275. The smallest absolute Gasteiger partial charge is 0.0686 e. The Hall–Kier alpha value is -0.510. The van der Waals surface area contributed by atoms with Gasteiger partial charge in [-0.15, -0.1) is 0 Å². The Morgan fingerprint density at radius 2 is 1.42 bits per heavy atom. The van der Waals surface area contributed by atoms with Gasteiger partial charge in [0.15, 0.2) is 0 Å². The van der Waals surface area contributed by atoms with Crippen LogP contribution in [0.2, 0.25) is 0 Å². The summed E-state index contributed by atoms with van der Waals surface area (Å²) in [5.74, 6) is 1.54. The van der Waals surface area contributed by atoms with E-state index in [2.05, 4.69) is 40.7 Å². The van der Waals surface area contributed by atoms with Crippen LogP contribution < -0.4 is 0 Å². The second-order valence-corrected chi connectivity index (χ2v) is 7.76. The predicted octanol–water partition coefficient (Wildman–Crippen LogP) is 8.54. The highest BCUT2D eigenvalue weighted by molar-refractivity contribution is 4.95. The molecule has 0 amide bonds. The first kappa shape index (κ1) is 25.7. The SMILES string of the molecule is C1CCCCC1.CC.CCCC(CC)CC(C)CC(C)(C#N)CC. The lowest BCUT2D eigenvalue weighted by Gasteiger charge is -2.26. The summed E-state index contributed by atoms with van der Waals surface area (Å²) in [6, 6.07) is 2.48. The Kier molecular flexibility index (Phi) is 18.6. The lowest BCUT2D eigenvalue weighted by molar-refractivity contribution is 0.267. The number of nitrogens with zero attached hydrogens (tertiary/aromatic N) is 1. The second kappa shape index (κ2) is 17.3.